The van der Waals surface area contributed by atoms with Crippen molar-refractivity contribution < 1.29 is 34.6 Å². The summed E-state index contributed by atoms with van der Waals surface area (Å²) in [4.78, 5) is 0. The van der Waals surface area contributed by atoms with Crippen LogP contribution in [0.5, 0.6) is 23.0 Å². The zero-order chi connectivity index (χ0) is 42.3. The molecule has 6 aromatic carbocycles. The van der Waals surface area contributed by atoms with Crippen LogP contribution in [0.3, 0.4) is 0 Å². The molecule has 0 saturated heterocycles. The third-order valence-corrected chi connectivity index (χ3v) is 12.2. The Morgan fingerprint density at radius 2 is 1.24 bits per heavy atom. The number of hydrogen-bond donors (Lipinski definition) is 4. The first-order chi connectivity index (χ1) is 28.2. The summed E-state index contributed by atoms with van der Waals surface area (Å²) < 4.78 is 16.2. The summed E-state index contributed by atoms with van der Waals surface area (Å²) in [5, 5.41) is 43.7. The number of terminal acetylenes is 1. The predicted molar refractivity (Wildman–Crippen MR) is 235 cm³/mol. The first kappa shape index (κ1) is 41.4. The van der Waals surface area contributed by atoms with Gasteiger partial charge in [-0.3, -0.25) is 0 Å². The van der Waals surface area contributed by atoms with Crippen LogP contribution in [-0.4, -0.2) is 41.8 Å². The molecule has 59 heavy (non-hydrogen) atoms. The highest BCUT2D eigenvalue weighted by atomic mass is 16.5. The Morgan fingerprint density at radius 3 is 1.81 bits per heavy atom. The molecule has 2 aliphatic rings. The van der Waals surface area contributed by atoms with Crippen LogP contribution in [0, 0.1) is 23.2 Å². The van der Waals surface area contributed by atoms with Crippen LogP contribution in [0.4, 0.5) is 0 Å². The largest absolute Gasteiger partial charge is 0.507 e. The molecular formula is C52H54O7. The van der Waals surface area contributed by atoms with Crippen LogP contribution in [-0.2, 0) is 24.2 Å². The highest BCUT2D eigenvalue weighted by Crippen LogP contribution is 2.65. The van der Waals surface area contributed by atoms with Crippen molar-refractivity contribution in [1.82, 2.24) is 0 Å². The van der Waals surface area contributed by atoms with E-state index >= 15 is 0 Å². The van der Waals surface area contributed by atoms with Gasteiger partial charge in [0.25, 0.3) is 0 Å². The molecule has 0 amide bonds. The van der Waals surface area contributed by atoms with E-state index in [2.05, 4.69) is 63.9 Å². The van der Waals surface area contributed by atoms with Crippen molar-refractivity contribution in [2.45, 2.75) is 71.2 Å². The van der Waals surface area contributed by atoms with E-state index in [9.17, 15) is 15.3 Å². The SMILES string of the molecule is C#CC(O)(c1ccc(CO)cc1)c1ccc(OC)cc1.COc1ccc(-c2cc3c(O)cc4c(c3cc2CO)-c2ccccc2C42CC(C)(C)CC(C)(C)C2)c(OC)c1. The van der Waals surface area contributed by atoms with Gasteiger partial charge in [-0.2, -0.15) is 0 Å². The lowest BCUT2D eigenvalue weighted by molar-refractivity contribution is 0.0645. The van der Waals surface area contributed by atoms with Crippen molar-refractivity contribution in [3.05, 3.63) is 143 Å². The number of benzene rings is 6. The summed E-state index contributed by atoms with van der Waals surface area (Å²) in [7, 11) is 4.84. The second-order valence-electron chi connectivity index (χ2n) is 17.5. The molecule has 1 unspecified atom stereocenters. The normalized spacial score (nSPS) is 16.5. The van der Waals surface area contributed by atoms with Gasteiger partial charge in [0, 0.05) is 33.6 Å². The van der Waals surface area contributed by atoms with Gasteiger partial charge in [-0.15, -0.1) is 6.42 Å². The van der Waals surface area contributed by atoms with Crippen LogP contribution >= 0.6 is 0 Å². The molecule has 7 nitrogen and oxygen atoms in total. The number of aromatic hydroxyl groups is 1. The van der Waals surface area contributed by atoms with Gasteiger partial charge in [0.15, 0.2) is 5.60 Å². The molecule has 7 heteroatoms. The van der Waals surface area contributed by atoms with Crippen molar-refractivity contribution in [1.29, 1.82) is 0 Å². The van der Waals surface area contributed by atoms with Gasteiger partial charge < -0.3 is 34.6 Å². The maximum atomic E-state index is 11.6. The Kier molecular flexibility index (Phi) is 11.1. The van der Waals surface area contributed by atoms with E-state index in [1.165, 1.54) is 28.7 Å². The van der Waals surface area contributed by atoms with E-state index in [4.69, 9.17) is 25.7 Å². The number of methoxy groups -OCH3 is 3. The Labute approximate surface area is 347 Å². The maximum Gasteiger partial charge on any atom is 0.176 e. The summed E-state index contributed by atoms with van der Waals surface area (Å²) >= 11 is 0. The van der Waals surface area contributed by atoms with Crippen LogP contribution < -0.4 is 14.2 Å². The molecule has 0 bridgehead atoms. The number of ether oxygens (including phenoxy) is 3. The van der Waals surface area contributed by atoms with Crippen LogP contribution in [0.2, 0.25) is 0 Å². The predicted octanol–water partition coefficient (Wildman–Crippen LogP) is 10.3. The molecule has 4 N–H and O–H groups in total. The summed E-state index contributed by atoms with van der Waals surface area (Å²) in [6.07, 6.45) is 8.77. The van der Waals surface area contributed by atoms with Crippen molar-refractivity contribution in [2.75, 3.05) is 21.3 Å². The van der Waals surface area contributed by atoms with Gasteiger partial charge in [-0.25, -0.2) is 0 Å². The van der Waals surface area contributed by atoms with Gasteiger partial charge in [-0.1, -0.05) is 94.3 Å². The lowest BCUT2D eigenvalue weighted by atomic mass is 9.52. The Balaban J connectivity index is 0.000000222. The van der Waals surface area contributed by atoms with E-state index in [0.717, 1.165) is 45.9 Å². The molecule has 8 rings (SSSR count). The highest BCUT2D eigenvalue weighted by molar-refractivity contribution is 6.07. The average Bonchev–Trinajstić information content (AvgIpc) is 3.48. The molecule has 1 spiro atoms. The highest BCUT2D eigenvalue weighted by Gasteiger charge is 2.53. The summed E-state index contributed by atoms with van der Waals surface area (Å²) in [6, 6.07) is 34.4. The molecule has 0 heterocycles. The summed E-state index contributed by atoms with van der Waals surface area (Å²) in [5.74, 6) is 4.76. The number of aliphatic hydroxyl groups excluding tert-OH is 2. The molecule has 0 aromatic heterocycles. The second-order valence-corrected chi connectivity index (χ2v) is 17.5. The number of phenols is 1. The molecule has 1 atom stereocenters. The van der Waals surface area contributed by atoms with Crippen molar-refractivity contribution >= 4 is 10.8 Å². The summed E-state index contributed by atoms with van der Waals surface area (Å²) in [6.45, 7) is 9.37. The minimum absolute atomic E-state index is 0.0443. The smallest absolute Gasteiger partial charge is 0.176 e. The molecule has 0 aliphatic heterocycles. The number of phenolic OH excluding ortho intramolecular Hbond substituents is 1. The quantitative estimate of drug-likeness (QED) is 0.114. The number of fused-ring (bicyclic) bond motifs is 7. The Hall–Kier alpha value is -5.78. The van der Waals surface area contributed by atoms with Gasteiger partial charge in [-0.05, 0) is 117 Å². The maximum absolute atomic E-state index is 11.6. The molecule has 304 valence electrons. The zero-order valence-electron chi connectivity index (χ0n) is 35.0. The van der Waals surface area contributed by atoms with Crippen molar-refractivity contribution in [3.63, 3.8) is 0 Å². The standard InChI is InChI=1S/C35H38O4.C17H16O3/c1-33(2)18-34(3,4)20-35(19-33)28-10-8-7-9-24(28)32-27-13-21(17-36)25(15-26(27)30(37)16-29(32)35)23-12-11-22(38-5)14-31(23)39-6;1-3-17(19,14-6-4-13(12-18)5-7-14)15-8-10-16(20-2)11-9-15/h7-16,36-37H,17-20H2,1-6H3;1,4-11,18-19H,12H2,2H3. The lowest BCUT2D eigenvalue weighted by Crippen LogP contribution is -2.43. The molecule has 2 aliphatic carbocycles. The minimum Gasteiger partial charge on any atom is -0.507 e. The van der Waals surface area contributed by atoms with Gasteiger partial charge in [0.05, 0.1) is 34.5 Å². The topological polar surface area (TPSA) is 109 Å². The molecular weight excluding hydrogens is 737 g/mol. The van der Waals surface area contributed by atoms with Crippen LogP contribution in [0.1, 0.15) is 80.3 Å². The van der Waals surface area contributed by atoms with E-state index in [-0.39, 0.29) is 35.2 Å². The summed E-state index contributed by atoms with van der Waals surface area (Å²) in [5.41, 5.74) is 8.08. The monoisotopic (exact) mass is 790 g/mol. The number of rotatable bonds is 8. The molecule has 1 fully saturated rings. The van der Waals surface area contributed by atoms with Gasteiger partial charge >= 0.3 is 0 Å². The third kappa shape index (κ3) is 7.42. The average molecular weight is 791 g/mol. The number of aliphatic hydroxyl groups is 3. The Bertz CT molecular complexity index is 2480. The molecule has 6 aromatic rings. The van der Waals surface area contributed by atoms with E-state index in [0.29, 0.717) is 28.4 Å². The molecule has 1 saturated carbocycles. The number of hydrogen-bond acceptors (Lipinski definition) is 7. The van der Waals surface area contributed by atoms with Gasteiger partial charge in [0.1, 0.15) is 23.0 Å². The van der Waals surface area contributed by atoms with Crippen molar-refractivity contribution in [3.8, 4) is 57.6 Å². The second kappa shape index (κ2) is 15.8. The zero-order valence-corrected chi connectivity index (χ0v) is 35.0. The fourth-order valence-electron chi connectivity index (χ4n) is 10.3. The van der Waals surface area contributed by atoms with Crippen molar-refractivity contribution in [2.24, 2.45) is 10.8 Å². The van der Waals surface area contributed by atoms with E-state index in [1.807, 2.05) is 30.3 Å². The minimum atomic E-state index is -1.50. The van der Waals surface area contributed by atoms with Crippen LogP contribution in [0.15, 0.2) is 109 Å². The first-order valence-corrected chi connectivity index (χ1v) is 20.0. The van der Waals surface area contributed by atoms with Crippen LogP contribution in [0.25, 0.3) is 33.0 Å². The van der Waals surface area contributed by atoms with Gasteiger partial charge in [0.2, 0.25) is 0 Å². The van der Waals surface area contributed by atoms with E-state index < -0.39 is 5.60 Å². The lowest BCUT2D eigenvalue weighted by Gasteiger charge is -2.51. The fraction of sp³-hybridized carbons (Fsp3) is 0.308. The molecule has 0 radical (unpaired) electrons. The van der Waals surface area contributed by atoms with E-state index in [1.54, 1.807) is 69.9 Å². The third-order valence-electron chi connectivity index (χ3n) is 12.2. The Morgan fingerprint density at radius 1 is 0.627 bits per heavy atom. The fourth-order valence-corrected chi connectivity index (χ4v) is 10.3. The first-order valence-electron chi connectivity index (χ1n) is 20.0.